The molecule has 0 saturated carbocycles. The number of amides is 1. The molecule has 1 aliphatic heterocycles. The molecule has 0 spiro atoms. The lowest BCUT2D eigenvalue weighted by Crippen LogP contribution is -2.43. The zero-order chi connectivity index (χ0) is 12.1. The van der Waals surface area contributed by atoms with Crippen LogP contribution in [0, 0.1) is 11.8 Å². The predicted molar refractivity (Wildman–Crippen MR) is 67.6 cm³/mol. The minimum atomic E-state index is -0.601. The summed E-state index contributed by atoms with van der Waals surface area (Å²) in [6.45, 7) is 4.07. The smallest absolute Gasteiger partial charge is 0.293 e. The van der Waals surface area contributed by atoms with Crippen molar-refractivity contribution in [3.8, 4) is 11.8 Å². The van der Waals surface area contributed by atoms with Crippen LogP contribution < -0.4 is 16.0 Å². The molecule has 88 valence electrons. The minimum Gasteiger partial charge on any atom is -0.369 e. The van der Waals surface area contributed by atoms with E-state index < -0.39 is 5.91 Å². The second-order valence-corrected chi connectivity index (χ2v) is 3.90. The van der Waals surface area contributed by atoms with E-state index in [2.05, 4.69) is 22.1 Å². The fourth-order valence-electron chi connectivity index (χ4n) is 1.81. The Balaban J connectivity index is 2.07. The van der Waals surface area contributed by atoms with Gasteiger partial charge in [0.15, 0.2) is 0 Å². The highest BCUT2D eigenvalue weighted by molar-refractivity contribution is 5.92. The van der Waals surface area contributed by atoms with Crippen molar-refractivity contribution in [2.24, 2.45) is 5.73 Å². The zero-order valence-corrected chi connectivity index (χ0v) is 9.57. The molecular formula is C13H15N3O. The molecule has 1 fully saturated rings. The van der Waals surface area contributed by atoms with Crippen LogP contribution in [-0.4, -0.2) is 32.1 Å². The minimum absolute atomic E-state index is 0.601. The van der Waals surface area contributed by atoms with Crippen LogP contribution in [0.3, 0.4) is 0 Å². The maximum Gasteiger partial charge on any atom is 0.293 e. The molecule has 0 aromatic heterocycles. The van der Waals surface area contributed by atoms with Crippen molar-refractivity contribution < 1.29 is 4.79 Å². The number of nitrogens with one attached hydrogen (secondary N) is 1. The summed E-state index contributed by atoms with van der Waals surface area (Å²) < 4.78 is 0. The van der Waals surface area contributed by atoms with Gasteiger partial charge in [-0.05, 0) is 30.2 Å². The average Bonchev–Trinajstić information content (AvgIpc) is 2.38. The molecule has 0 unspecified atom stereocenters. The Morgan fingerprint density at radius 3 is 2.47 bits per heavy atom. The van der Waals surface area contributed by atoms with Gasteiger partial charge in [0.2, 0.25) is 0 Å². The quantitative estimate of drug-likeness (QED) is 0.663. The number of carbonyl (C=O) groups is 1. The van der Waals surface area contributed by atoms with Crippen LogP contribution in [0.15, 0.2) is 24.3 Å². The molecule has 17 heavy (non-hydrogen) atoms. The number of piperazine rings is 1. The Bertz CT molecular complexity index is 450. The SMILES string of the molecule is NC(=O)C#Cc1ccc(N2CCNCC2)cc1. The third-order valence-electron chi connectivity index (χ3n) is 2.68. The monoisotopic (exact) mass is 229 g/mol. The first-order valence-electron chi connectivity index (χ1n) is 5.63. The third kappa shape index (κ3) is 3.23. The van der Waals surface area contributed by atoms with Crippen molar-refractivity contribution in [2.45, 2.75) is 0 Å². The van der Waals surface area contributed by atoms with E-state index >= 15 is 0 Å². The number of primary amides is 1. The predicted octanol–water partition coefficient (Wildman–Crippen LogP) is -0.0670. The first-order chi connectivity index (χ1) is 8.25. The van der Waals surface area contributed by atoms with Gasteiger partial charge in [-0.1, -0.05) is 5.92 Å². The fourth-order valence-corrected chi connectivity index (χ4v) is 1.81. The van der Waals surface area contributed by atoms with Crippen LogP contribution in [0.5, 0.6) is 0 Å². The van der Waals surface area contributed by atoms with Gasteiger partial charge < -0.3 is 16.0 Å². The standard InChI is InChI=1S/C13H15N3O/c14-13(17)6-3-11-1-4-12(5-2-11)16-9-7-15-8-10-16/h1-2,4-5,15H,7-10H2,(H2,14,17). The van der Waals surface area contributed by atoms with Crippen molar-refractivity contribution >= 4 is 11.6 Å². The molecule has 2 rings (SSSR count). The Kier molecular flexibility index (Phi) is 3.63. The molecule has 4 nitrogen and oxygen atoms in total. The molecule has 0 radical (unpaired) electrons. The number of anilines is 1. The van der Waals surface area contributed by atoms with Gasteiger partial charge in [-0.15, -0.1) is 0 Å². The average molecular weight is 229 g/mol. The Hall–Kier alpha value is -1.99. The number of hydrogen-bond donors (Lipinski definition) is 2. The molecule has 1 saturated heterocycles. The maximum atomic E-state index is 10.5. The summed E-state index contributed by atoms with van der Waals surface area (Å²) in [4.78, 5) is 12.8. The topological polar surface area (TPSA) is 58.4 Å². The highest BCUT2D eigenvalue weighted by Crippen LogP contribution is 2.15. The third-order valence-corrected chi connectivity index (χ3v) is 2.68. The van der Waals surface area contributed by atoms with Gasteiger partial charge in [0, 0.05) is 37.4 Å². The molecule has 1 aromatic rings. The van der Waals surface area contributed by atoms with Crippen LogP contribution in [0.4, 0.5) is 5.69 Å². The molecule has 4 heteroatoms. The van der Waals surface area contributed by atoms with Gasteiger partial charge >= 0.3 is 0 Å². The summed E-state index contributed by atoms with van der Waals surface area (Å²) in [5, 5.41) is 3.31. The lowest BCUT2D eigenvalue weighted by molar-refractivity contribution is -0.112. The molecule has 3 N–H and O–H groups in total. The van der Waals surface area contributed by atoms with E-state index in [1.807, 2.05) is 24.3 Å². The lowest BCUT2D eigenvalue weighted by atomic mass is 10.2. The Morgan fingerprint density at radius 2 is 1.88 bits per heavy atom. The lowest BCUT2D eigenvalue weighted by Gasteiger charge is -2.29. The fraction of sp³-hybridized carbons (Fsp3) is 0.308. The number of rotatable bonds is 1. The normalized spacial score (nSPS) is 14.9. The van der Waals surface area contributed by atoms with E-state index in [1.165, 1.54) is 5.69 Å². The summed E-state index contributed by atoms with van der Waals surface area (Å²) in [6.07, 6.45) is 0. The van der Waals surface area contributed by atoms with Gasteiger partial charge in [0.1, 0.15) is 0 Å². The largest absolute Gasteiger partial charge is 0.369 e. The summed E-state index contributed by atoms with van der Waals surface area (Å²) in [5.74, 6) is 4.44. The van der Waals surface area contributed by atoms with E-state index in [1.54, 1.807) is 0 Å². The molecular weight excluding hydrogens is 214 g/mol. The molecule has 0 atom stereocenters. The summed E-state index contributed by atoms with van der Waals surface area (Å²) in [5.41, 5.74) is 6.96. The van der Waals surface area contributed by atoms with E-state index in [4.69, 9.17) is 5.73 Å². The van der Waals surface area contributed by atoms with Gasteiger partial charge in [0.25, 0.3) is 5.91 Å². The van der Waals surface area contributed by atoms with Crippen LogP contribution in [0.1, 0.15) is 5.56 Å². The molecule has 0 aliphatic carbocycles. The van der Waals surface area contributed by atoms with E-state index in [0.717, 1.165) is 31.7 Å². The number of hydrogen-bond acceptors (Lipinski definition) is 3. The first kappa shape index (κ1) is 11.5. The highest BCUT2D eigenvalue weighted by atomic mass is 16.1. The van der Waals surface area contributed by atoms with Crippen LogP contribution >= 0.6 is 0 Å². The van der Waals surface area contributed by atoms with E-state index in [9.17, 15) is 4.79 Å². The number of benzene rings is 1. The van der Waals surface area contributed by atoms with Crippen molar-refractivity contribution in [3.05, 3.63) is 29.8 Å². The van der Waals surface area contributed by atoms with Crippen molar-refractivity contribution in [3.63, 3.8) is 0 Å². The second kappa shape index (κ2) is 5.37. The number of carbonyl (C=O) groups excluding carboxylic acids is 1. The van der Waals surface area contributed by atoms with Crippen LogP contribution in [-0.2, 0) is 4.79 Å². The molecule has 1 aliphatic rings. The van der Waals surface area contributed by atoms with Crippen molar-refractivity contribution in [1.29, 1.82) is 0 Å². The van der Waals surface area contributed by atoms with Gasteiger partial charge in [-0.25, -0.2) is 0 Å². The Morgan fingerprint density at radius 1 is 1.24 bits per heavy atom. The van der Waals surface area contributed by atoms with Crippen LogP contribution in [0.2, 0.25) is 0 Å². The summed E-state index contributed by atoms with van der Waals surface area (Å²) >= 11 is 0. The number of nitrogens with zero attached hydrogens (tertiary/aromatic N) is 1. The zero-order valence-electron chi connectivity index (χ0n) is 9.57. The highest BCUT2D eigenvalue weighted by Gasteiger charge is 2.09. The van der Waals surface area contributed by atoms with Gasteiger partial charge in [-0.3, -0.25) is 4.79 Å². The molecule has 1 heterocycles. The van der Waals surface area contributed by atoms with Crippen molar-refractivity contribution in [2.75, 3.05) is 31.1 Å². The summed E-state index contributed by atoms with van der Waals surface area (Å²) in [6, 6.07) is 7.87. The maximum absolute atomic E-state index is 10.5. The second-order valence-electron chi connectivity index (χ2n) is 3.90. The number of nitrogens with two attached hydrogens (primary N) is 1. The Labute approximate surface area is 101 Å². The molecule has 1 amide bonds. The van der Waals surface area contributed by atoms with E-state index in [-0.39, 0.29) is 0 Å². The molecule has 1 aromatic carbocycles. The van der Waals surface area contributed by atoms with E-state index in [0.29, 0.717) is 0 Å². The molecule has 0 bridgehead atoms. The van der Waals surface area contributed by atoms with Gasteiger partial charge in [0.05, 0.1) is 0 Å². The summed E-state index contributed by atoms with van der Waals surface area (Å²) in [7, 11) is 0. The van der Waals surface area contributed by atoms with Gasteiger partial charge in [-0.2, -0.15) is 0 Å². The van der Waals surface area contributed by atoms with Crippen LogP contribution in [0.25, 0.3) is 0 Å². The van der Waals surface area contributed by atoms with Crippen molar-refractivity contribution in [1.82, 2.24) is 5.32 Å². The first-order valence-corrected chi connectivity index (χ1v) is 5.63.